The quantitative estimate of drug-likeness (QED) is 0.476. The van der Waals surface area contributed by atoms with Gasteiger partial charge in [0.1, 0.15) is 16.5 Å². The minimum absolute atomic E-state index is 0.0394. The molecule has 3 rings (SSSR count). The van der Waals surface area contributed by atoms with Gasteiger partial charge < -0.3 is 19.9 Å². The molecule has 2 N–H and O–H groups in total. The average Bonchev–Trinajstić information content (AvgIpc) is 3.20. The normalized spacial score (nSPS) is 14.4. The Labute approximate surface area is 184 Å². The average molecular weight is 449 g/mol. The second-order valence-electron chi connectivity index (χ2n) is 7.22. The van der Waals surface area contributed by atoms with E-state index in [1.54, 1.807) is 36.1 Å². The number of hydrogen-bond donors (Lipinski definition) is 2. The van der Waals surface area contributed by atoms with E-state index in [-0.39, 0.29) is 36.8 Å². The summed E-state index contributed by atoms with van der Waals surface area (Å²) in [4.78, 5) is 43.1. The van der Waals surface area contributed by atoms with Crippen LogP contribution in [0.15, 0.2) is 35.4 Å². The molecular weight excluding hydrogens is 423 g/mol. The standard InChI is InChI=1S/C21H25FN4O4S/c1-2-4-18(29)26(14-27)8-3-5-19(30)24-9-11-25(12-10-24)21-16(28)7-6-15-13-17(31-22)23-20(15)21/h2,4,6-7,13-14,23,28H,3,5,8-12H2,1H3/b4-2-. The van der Waals surface area contributed by atoms with Crippen molar-refractivity contribution in [3.05, 3.63) is 30.4 Å². The molecule has 8 nitrogen and oxygen atoms in total. The van der Waals surface area contributed by atoms with Crippen LogP contribution in [0.3, 0.4) is 0 Å². The third kappa shape index (κ3) is 5.19. The molecule has 1 saturated heterocycles. The van der Waals surface area contributed by atoms with Gasteiger partial charge in [0, 0.05) is 44.5 Å². The summed E-state index contributed by atoms with van der Waals surface area (Å²) in [5.41, 5.74) is 1.27. The number of phenolic OH excluding ortho intramolecular Hbond substituents is 1. The lowest BCUT2D eigenvalue weighted by Gasteiger charge is -2.36. The number of nitrogens with one attached hydrogen (secondary N) is 1. The Bertz CT molecular complexity index is 985. The molecule has 0 spiro atoms. The van der Waals surface area contributed by atoms with Gasteiger partial charge in [0.25, 0.3) is 5.91 Å². The number of fused-ring (bicyclic) bond motifs is 1. The van der Waals surface area contributed by atoms with Gasteiger partial charge in [-0.05, 0) is 37.6 Å². The van der Waals surface area contributed by atoms with E-state index in [4.69, 9.17) is 0 Å². The summed E-state index contributed by atoms with van der Waals surface area (Å²) in [7, 11) is 0. The second kappa shape index (κ2) is 10.3. The van der Waals surface area contributed by atoms with Crippen LogP contribution in [0.5, 0.6) is 5.75 Å². The number of imide groups is 1. The molecule has 0 atom stereocenters. The first-order valence-corrected chi connectivity index (χ1v) is 10.7. The minimum atomic E-state index is -0.397. The van der Waals surface area contributed by atoms with Crippen LogP contribution in [0, 0.1) is 0 Å². The Morgan fingerprint density at radius 3 is 2.68 bits per heavy atom. The van der Waals surface area contributed by atoms with Gasteiger partial charge in [-0.25, -0.2) is 0 Å². The predicted octanol–water partition coefficient (Wildman–Crippen LogP) is 2.84. The topological polar surface area (TPSA) is 97.0 Å². The molecule has 2 aromatic rings. The van der Waals surface area contributed by atoms with E-state index < -0.39 is 5.91 Å². The van der Waals surface area contributed by atoms with Gasteiger partial charge in [-0.2, -0.15) is 3.89 Å². The number of carbonyl (C=O) groups excluding carboxylic acids is 3. The van der Waals surface area contributed by atoms with Crippen molar-refractivity contribution in [1.29, 1.82) is 0 Å². The van der Waals surface area contributed by atoms with Crippen LogP contribution in [0.2, 0.25) is 0 Å². The zero-order valence-electron chi connectivity index (χ0n) is 17.2. The van der Waals surface area contributed by atoms with Gasteiger partial charge in [-0.3, -0.25) is 19.3 Å². The maximum atomic E-state index is 13.0. The summed E-state index contributed by atoms with van der Waals surface area (Å²) in [6.45, 7) is 3.89. The van der Waals surface area contributed by atoms with Gasteiger partial charge in [0.2, 0.25) is 12.3 Å². The molecule has 1 fully saturated rings. The number of amides is 3. The first kappa shape index (κ1) is 22.7. The molecule has 10 heteroatoms. The second-order valence-corrected chi connectivity index (χ2v) is 7.81. The number of aromatic hydroxyl groups is 1. The fourth-order valence-corrected chi connectivity index (χ4v) is 4.01. The largest absolute Gasteiger partial charge is 0.506 e. The number of rotatable bonds is 8. The highest BCUT2D eigenvalue weighted by Gasteiger charge is 2.25. The van der Waals surface area contributed by atoms with E-state index >= 15 is 0 Å². The van der Waals surface area contributed by atoms with Crippen molar-refractivity contribution in [3.8, 4) is 5.75 Å². The number of piperazine rings is 1. The summed E-state index contributed by atoms with van der Waals surface area (Å²) in [5.74, 6) is -0.335. The van der Waals surface area contributed by atoms with Crippen LogP contribution < -0.4 is 4.90 Å². The number of aromatic amines is 1. The highest BCUT2D eigenvalue weighted by Crippen LogP contribution is 2.37. The van der Waals surface area contributed by atoms with E-state index in [9.17, 15) is 23.4 Å². The Morgan fingerprint density at radius 2 is 2.03 bits per heavy atom. The summed E-state index contributed by atoms with van der Waals surface area (Å²) in [6, 6.07) is 5.00. The van der Waals surface area contributed by atoms with Crippen LogP contribution in [0.4, 0.5) is 9.57 Å². The van der Waals surface area contributed by atoms with Crippen molar-refractivity contribution in [2.45, 2.75) is 24.8 Å². The Hall–Kier alpha value is -3.01. The molecule has 0 aliphatic carbocycles. The molecule has 1 aromatic heterocycles. The third-order valence-electron chi connectivity index (χ3n) is 5.26. The lowest BCUT2D eigenvalue weighted by molar-refractivity contribution is -0.136. The molecule has 166 valence electrons. The van der Waals surface area contributed by atoms with Gasteiger partial charge in [0.05, 0.1) is 17.7 Å². The Morgan fingerprint density at radius 1 is 1.29 bits per heavy atom. The molecule has 31 heavy (non-hydrogen) atoms. The molecule has 0 radical (unpaired) electrons. The van der Waals surface area contributed by atoms with E-state index in [0.717, 1.165) is 10.3 Å². The Balaban J connectivity index is 1.56. The fourth-order valence-electron chi connectivity index (χ4n) is 3.70. The fraction of sp³-hybridized carbons (Fsp3) is 0.381. The van der Waals surface area contributed by atoms with Crippen molar-refractivity contribution in [2.75, 3.05) is 37.6 Å². The van der Waals surface area contributed by atoms with Crippen LogP contribution >= 0.6 is 12.1 Å². The van der Waals surface area contributed by atoms with Crippen molar-refractivity contribution in [1.82, 2.24) is 14.8 Å². The predicted molar refractivity (Wildman–Crippen MR) is 118 cm³/mol. The lowest BCUT2D eigenvalue weighted by atomic mass is 10.1. The summed E-state index contributed by atoms with van der Waals surface area (Å²) >= 11 is 0.117. The van der Waals surface area contributed by atoms with E-state index in [0.29, 0.717) is 55.2 Å². The molecular formula is C21H25FN4O4S. The summed E-state index contributed by atoms with van der Waals surface area (Å²) in [5, 5.41) is 11.6. The van der Waals surface area contributed by atoms with Gasteiger partial charge in [-0.1, -0.05) is 6.08 Å². The number of aromatic nitrogens is 1. The van der Waals surface area contributed by atoms with Crippen molar-refractivity contribution < 1.29 is 23.4 Å². The maximum Gasteiger partial charge on any atom is 0.252 e. The van der Waals surface area contributed by atoms with Gasteiger partial charge in [-0.15, -0.1) is 0 Å². The number of nitrogens with zero attached hydrogens (tertiary/aromatic N) is 3. The molecule has 1 aliphatic heterocycles. The smallest absolute Gasteiger partial charge is 0.252 e. The van der Waals surface area contributed by atoms with Gasteiger partial charge in [0.15, 0.2) is 0 Å². The molecule has 1 aliphatic rings. The van der Waals surface area contributed by atoms with Crippen molar-refractivity contribution in [2.24, 2.45) is 0 Å². The van der Waals surface area contributed by atoms with Crippen molar-refractivity contribution >= 4 is 47.0 Å². The molecule has 0 unspecified atom stereocenters. The molecule has 0 saturated carbocycles. The van der Waals surface area contributed by atoms with Crippen LogP contribution in [0.25, 0.3) is 10.9 Å². The number of allylic oxidation sites excluding steroid dienone is 1. The zero-order valence-corrected chi connectivity index (χ0v) is 18.0. The first-order valence-electron chi connectivity index (χ1n) is 10.0. The monoisotopic (exact) mass is 448 g/mol. The number of hydrogen-bond acceptors (Lipinski definition) is 6. The Kier molecular flexibility index (Phi) is 7.56. The molecule has 1 aromatic carbocycles. The summed E-state index contributed by atoms with van der Waals surface area (Å²) in [6.07, 6.45) is 3.98. The number of halogens is 1. The van der Waals surface area contributed by atoms with Crippen molar-refractivity contribution in [3.63, 3.8) is 0 Å². The number of benzene rings is 1. The molecule has 2 heterocycles. The number of carbonyl (C=O) groups is 3. The zero-order chi connectivity index (χ0) is 22.4. The highest BCUT2D eigenvalue weighted by molar-refractivity contribution is 7.94. The van der Waals surface area contributed by atoms with Crippen LogP contribution in [-0.4, -0.2) is 70.8 Å². The first-order chi connectivity index (χ1) is 15.0. The van der Waals surface area contributed by atoms with Crippen LogP contribution in [0.1, 0.15) is 19.8 Å². The summed E-state index contributed by atoms with van der Waals surface area (Å²) < 4.78 is 13.0. The van der Waals surface area contributed by atoms with Gasteiger partial charge >= 0.3 is 0 Å². The van der Waals surface area contributed by atoms with E-state index in [2.05, 4.69) is 4.98 Å². The highest BCUT2D eigenvalue weighted by atomic mass is 32.2. The molecule has 3 amide bonds. The number of H-pyrrole nitrogens is 1. The third-order valence-corrected chi connectivity index (χ3v) is 5.65. The lowest BCUT2D eigenvalue weighted by Crippen LogP contribution is -2.49. The number of anilines is 1. The number of phenols is 1. The van der Waals surface area contributed by atoms with Crippen LogP contribution in [-0.2, 0) is 14.4 Å². The van der Waals surface area contributed by atoms with E-state index in [1.165, 1.54) is 6.08 Å². The minimum Gasteiger partial charge on any atom is -0.506 e. The van der Waals surface area contributed by atoms with E-state index in [1.807, 2.05) is 4.90 Å². The maximum absolute atomic E-state index is 13.0. The SMILES string of the molecule is C/C=C\C(=O)N(C=O)CCCC(=O)N1CCN(c2c(O)ccc3cc(SF)[nH]c23)CC1. The molecule has 0 bridgehead atoms.